The van der Waals surface area contributed by atoms with E-state index in [2.05, 4.69) is 25.4 Å². The Morgan fingerprint density at radius 1 is 1.27 bits per heavy atom. The van der Waals surface area contributed by atoms with E-state index in [1.165, 1.54) is 6.20 Å². The number of carbonyl (C=O) groups excluding carboxylic acids is 1. The van der Waals surface area contributed by atoms with Gasteiger partial charge in [0.05, 0.1) is 24.6 Å². The lowest BCUT2D eigenvalue weighted by atomic mass is 9.96. The molecule has 4 rings (SSSR count). The van der Waals surface area contributed by atoms with Crippen molar-refractivity contribution in [2.24, 2.45) is 13.0 Å². The Labute approximate surface area is 178 Å². The van der Waals surface area contributed by atoms with Gasteiger partial charge in [-0.3, -0.25) is 9.48 Å². The van der Waals surface area contributed by atoms with Crippen LogP contribution in [0.25, 0.3) is 11.4 Å². The quantitative estimate of drug-likeness (QED) is 0.671. The van der Waals surface area contributed by atoms with Crippen molar-refractivity contribution in [1.82, 2.24) is 30.0 Å². The minimum atomic E-state index is -0.475. The number of nitrogens with one attached hydrogen (secondary N) is 1. The summed E-state index contributed by atoms with van der Waals surface area (Å²) in [4.78, 5) is 27.5. The van der Waals surface area contributed by atoms with Crippen molar-refractivity contribution in [2.75, 3.05) is 18.0 Å². The molecule has 4 heterocycles. The Morgan fingerprint density at radius 3 is 2.67 bits per heavy atom. The number of aryl methyl sites for hydroxylation is 3. The number of aromatic nitrogens is 5. The van der Waals surface area contributed by atoms with E-state index in [0.717, 1.165) is 16.3 Å². The molecule has 0 bridgehead atoms. The Hall–Kier alpha value is -2.88. The van der Waals surface area contributed by atoms with Gasteiger partial charge in [-0.25, -0.2) is 19.3 Å². The van der Waals surface area contributed by atoms with Crippen LogP contribution in [0.5, 0.6) is 0 Å². The fourth-order valence-corrected chi connectivity index (χ4v) is 4.41. The average molecular weight is 430 g/mol. The number of thiazole rings is 1. The third-order valence-corrected chi connectivity index (χ3v) is 6.27. The van der Waals surface area contributed by atoms with Crippen LogP contribution in [-0.2, 0) is 18.4 Å². The summed E-state index contributed by atoms with van der Waals surface area (Å²) in [6.07, 6.45) is 4.29. The minimum Gasteiger partial charge on any atom is -0.349 e. The van der Waals surface area contributed by atoms with Gasteiger partial charge in [-0.2, -0.15) is 5.10 Å². The molecule has 8 nitrogen and oxygen atoms in total. The predicted octanol–water partition coefficient (Wildman–Crippen LogP) is 2.62. The van der Waals surface area contributed by atoms with Gasteiger partial charge in [0.2, 0.25) is 11.9 Å². The molecule has 1 aliphatic heterocycles. The molecule has 30 heavy (non-hydrogen) atoms. The molecule has 1 amide bonds. The first-order chi connectivity index (χ1) is 14.4. The van der Waals surface area contributed by atoms with Crippen molar-refractivity contribution in [3.05, 3.63) is 39.9 Å². The van der Waals surface area contributed by atoms with E-state index in [0.29, 0.717) is 44.1 Å². The number of carbonyl (C=O) groups is 1. The molecular formula is C20H24FN7OS. The van der Waals surface area contributed by atoms with Crippen molar-refractivity contribution in [3.63, 3.8) is 0 Å². The zero-order valence-electron chi connectivity index (χ0n) is 17.2. The summed E-state index contributed by atoms with van der Waals surface area (Å²) in [6.45, 7) is 5.57. The second kappa shape index (κ2) is 8.47. The number of rotatable bonds is 5. The van der Waals surface area contributed by atoms with Crippen LogP contribution in [0.15, 0.2) is 17.8 Å². The van der Waals surface area contributed by atoms with Crippen molar-refractivity contribution in [1.29, 1.82) is 0 Å². The van der Waals surface area contributed by atoms with Gasteiger partial charge in [0, 0.05) is 37.1 Å². The lowest BCUT2D eigenvalue weighted by Gasteiger charge is -2.31. The van der Waals surface area contributed by atoms with Crippen molar-refractivity contribution < 1.29 is 9.18 Å². The summed E-state index contributed by atoms with van der Waals surface area (Å²) in [6, 6.07) is 0. The summed E-state index contributed by atoms with van der Waals surface area (Å²) in [5.41, 5.74) is 2.71. The van der Waals surface area contributed by atoms with E-state index in [4.69, 9.17) is 0 Å². The van der Waals surface area contributed by atoms with Crippen LogP contribution in [-0.4, -0.2) is 43.7 Å². The van der Waals surface area contributed by atoms with E-state index in [9.17, 15) is 9.18 Å². The highest BCUT2D eigenvalue weighted by atomic mass is 32.1. The first-order valence-electron chi connectivity index (χ1n) is 9.87. The lowest BCUT2D eigenvalue weighted by molar-refractivity contribution is -0.125. The number of halogens is 1. The second-order valence-electron chi connectivity index (χ2n) is 7.53. The number of hydrogen-bond acceptors (Lipinski definition) is 7. The largest absolute Gasteiger partial charge is 0.349 e. The smallest absolute Gasteiger partial charge is 0.226 e. The second-order valence-corrected chi connectivity index (χ2v) is 8.47. The van der Waals surface area contributed by atoms with Crippen LogP contribution in [0.3, 0.4) is 0 Å². The van der Waals surface area contributed by atoms with Gasteiger partial charge in [-0.1, -0.05) is 0 Å². The molecule has 1 aliphatic rings. The Kier molecular flexibility index (Phi) is 5.76. The van der Waals surface area contributed by atoms with Crippen LogP contribution in [0.2, 0.25) is 0 Å². The van der Waals surface area contributed by atoms with Crippen LogP contribution < -0.4 is 10.2 Å². The Balaban J connectivity index is 1.39. The number of anilines is 1. The fraction of sp³-hybridized carbons (Fsp3) is 0.450. The normalized spacial score (nSPS) is 14.9. The minimum absolute atomic E-state index is 0.0497. The topological polar surface area (TPSA) is 88.8 Å². The van der Waals surface area contributed by atoms with E-state index in [1.807, 2.05) is 24.1 Å². The highest BCUT2D eigenvalue weighted by Gasteiger charge is 2.27. The highest BCUT2D eigenvalue weighted by Crippen LogP contribution is 2.27. The van der Waals surface area contributed by atoms with Crippen LogP contribution >= 0.6 is 11.3 Å². The van der Waals surface area contributed by atoms with Gasteiger partial charge in [-0.15, -0.1) is 11.3 Å². The molecule has 0 radical (unpaired) electrons. The highest BCUT2D eigenvalue weighted by molar-refractivity contribution is 7.09. The van der Waals surface area contributed by atoms with E-state index in [-0.39, 0.29) is 17.5 Å². The standard InChI is InChI=1S/C20H24FN7OS/c1-12-8-24-27(3)18(12)17-15(21)9-23-20(26-17)28-6-4-14(5-7-28)19(29)22-10-16-25-13(2)11-30-16/h8-9,11,14H,4-7,10H2,1-3H3,(H,22,29). The van der Waals surface area contributed by atoms with Gasteiger partial charge < -0.3 is 10.2 Å². The van der Waals surface area contributed by atoms with Crippen LogP contribution in [0, 0.1) is 25.6 Å². The number of amides is 1. The molecular weight excluding hydrogens is 405 g/mol. The van der Waals surface area contributed by atoms with E-state index < -0.39 is 5.82 Å². The molecule has 0 spiro atoms. The number of nitrogens with zero attached hydrogens (tertiary/aromatic N) is 6. The molecule has 1 saturated heterocycles. The van der Waals surface area contributed by atoms with Crippen LogP contribution in [0.1, 0.15) is 29.1 Å². The predicted molar refractivity (Wildman–Crippen MR) is 113 cm³/mol. The van der Waals surface area contributed by atoms with Crippen molar-refractivity contribution in [2.45, 2.75) is 33.2 Å². The average Bonchev–Trinajstić information content (AvgIpc) is 3.31. The molecule has 3 aromatic rings. The molecule has 3 aromatic heterocycles. The first-order valence-corrected chi connectivity index (χ1v) is 10.8. The maximum absolute atomic E-state index is 14.4. The van der Waals surface area contributed by atoms with Crippen molar-refractivity contribution >= 4 is 23.2 Å². The van der Waals surface area contributed by atoms with Gasteiger partial charge in [0.15, 0.2) is 5.82 Å². The van der Waals surface area contributed by atoms with E-state index in [1.54, 1.807) is 29.3 Å². The third-order valence-electron chi connectivity index (χ3n) is 5.31. The Bertz CT molecular complexity index is 1040. The molecule has 0 unspecified atom stereocenters. The molecule has 0 aromatic carbocycles. The van der Waals surface area contributed by atoms with Crippen LogP contribution in [0.4, 0.5) is 10.3 Å². The van der Waals surface area contributed by atoms with Crippen molar-refractivity contribution in [3.8, 4) is 11.4 Å². The fourth-order valence-electron chi connectivity index (χ4n) is 3.70. The Morgan fingerprint density at radius 2 is 2.03 bits per heavy atom. The zero-order chi connectivity index (χ0) is 21.3. The summed E-state index contributed by atoms with van der Waals surface area (Å²) in [5, 5.41) is 10.0. The molecule has 1 fully saturated rings. The SMILES string of the molecule is Cc1csc(CNC(=O)C2CCN(c3ncc(F)c(-c4c(C)cnn4C)n3)CC2)n1. The third kappa shape index (κ3) is 4.18. The van der Waals surface area contributed by atoms with Gasteiger partial charge in [0.1, 0.15) is 10.7 Å². The lowest BCUT2D eigenvalue weighted by Crippen LogP contribution is -2.41. The molecule has 0 aliphatic carbocycles. The summed E-state index contributed by atoms with van der Waals surface area (Å²) < 4.78 is 16.0. The monoisotopic (exact) mass is 429 g/mol. The molecule has 158 valence electrons. The summed E-state index contributed by atoms with van der Waals surface area (Å²) in [7, 11) is 1.76. The van der Waals surface area contributed by atoms with E-state index >= 15 is 0 Å². The summed E-state index contributed by atoms with van der Waals surface area (Å²) >= 11 is 1.55. The maximum atomic E-state index is 14.4. The maximum Gasteiger partial charge on any atom is 0.226 e. The van der Waals surface area contributed by atoms with Gasteiger partial charge in [0.25, 0.3) is 0 Å². The first kappa shape index (κ1) is 20.4. The number of hydrogen-bond donors (Lipinski definition) is 1. The van der Waals surface area contributed by atoms with Gasteiger partial charge >= 0.3 is 0 Å². The molecule has 1 N–H and O–H groups in total. The number of piperidine rings is 1. The molecule has 0 atom stereocenters. The molecule has 0 saturated carbocycles. The zero-order valence-corrected chi connectivity index (χ0v) is 18.0. The summed E-state index contributed by atoms with van der Waals surface area (Å²) in [5.74, 6) is -0.00321. The van der Waals surface area contributed by atoms with Gasteiger partial charge in [-0.05, 0) is 32.3 Å². The molecule has 10 heteroatoms.